The summed E-state index contributed by atoms with van der Waals surface area (Å²) in [7, 11) is 1.49. The van der Waals surface area contributed by atoms with E-state index in [9.17, 15) is 4.79 Å². The molecule has 0 aliphatic rings. The third-order valence-electron chi connectivity index (χ3n) is 4.20. The smallest absolute Gasteiger partial charge is 0.257 e. The number of amides is 1. The van der Waals surface area contributed by atoms with E-state index in [-0.39, 0.29) is 5.91 Å². The van der Waals surface area contributed by atoms with Crippen LogP contribution in [0.4, 0.5) is 0 Å². The van der Waals surface area contributed by atoms with Crippen LogP contribution in [0.25, 0.3) is 16.9 Å². The molecular formula is C20H17N5O2. The molecule has 134 valence electrons. The van der Waals surface area contributed by atoms with Crippen molar-refractivity contribution >= 4 is 16.9 Å². The number of para-hydroxylation sites is 2. The van der Waals surface area contributed by atoms with Gasteiger partial charge in [-0.3, -0.25) is 9.36 Å². The summed E-state index contributed by atoms with van der Waals surface area (Å²) in [6.07, 6.45) is 5.04. The van der Waals surface area contributed by atoms with E-state index in [2.05, 4.69) is 20.3 Å². The van der Waals surface area contributed by atoms with Crippen molar-refractivity contribution in [3.05, 3.63) is 78.4 Å². The summed E-state index contributed by atoms with van der Waals surface area (Å²) >= 11 is 0. The molecule has 0 atom stereocenters. The van der Waals surface area contributed by atoms with Gasteiger partial charge in [0, 0.05) is 24.5 Å². The Labute approximate surface area is 155 Å². The molecule has 0 unspecified atom stereocenters. The Balaban J connectivity index is 1.62. The molecule has 0 bridgehead atoms. The van der Waals surface area contributed by atoms with E-state index in [1.807, 2.05) is 41.0 Å². The van der Waals surface area contributed by atoms with Crippen LogP contribution >= 0.6 is 0 Å². The second-order valence-electron chi connectivity index (χ2n) is 5.83. The molecule has 7 heteroatoms. The quantitative estimate of drug-likeness (QED) is 0.592. The highest BCUT2D eigenvalue weighted by Gasteiger charge is 2.14. The first-order valence-corrected chi connectivity index (χ1v) is 8.41. The maximum absolute atomic E-state index is 12.5. The van der Waals surface area contributed by atoms with Gasteiger partial charge in [0.1, 0.15) is 17.7 Å². The van der Waals surface area contributed by atoms with Gasteiger partial charge in [-0.15, -0.1) is 0 Å². The number of methoxy groups -OCH3 is 1. The fourth-order valence-electron chi connectivity index (χ4n) is 2.91. The molecule has 3 heterocycles. The van der Waals surface area contributed by atoms with E-state index in [1.54, 1.807) is 30.9 Å². The van der Waals surface area contributed by atoms with E-state index >= 15 is 0 Å². The number of ether oxygens (including phenoxy) is 1. The van der Waals surface area contributed by atoms with E-state index in [0.29, 0.717) is 18.0 Å². The van der Waals surface area contributed by atoms with Gasteiger partial charge < -0.3 is 10.1 Å². The standard InChI is InChI=1S/C20H17N5O2/c1-27-20-15(7-5-11-22-20)19(26)23-12-14-6-4-10-21-18(14)25-13-24-16-8-2-3-9-17(16)25/h2-11,13H,12H2,1H3,(H,23,26). The Morgan fingerprint density at radius 1 is 1.04 bits per heavy atom. The first-order valence-electron chi connectivity index (χ1n) is 8.41. The van der Waals surface area contributed by atoms with Crippen LogP contribution in [-0.2, 0) is 6.54 Å². The Kier molecular flexibility index (Phi) is 4.49. The predicted molar refractivity (Wildman–Crippen MR) is 101 cm³/mol. The number of carbonyl (C=O) groups is 1. The van der Waals surface area contributed by atoms with Gasteiger partial charge in [0.05, 0.1) is 18.1 Å². The lowest BCUT2D eigenvalue weighted by Gasteiger charge is -2.12. The highest BCUT2D eigenvalue weighted by atomic mass is 16.5. The van der Waals surface area contributed by atoms with Crippen molar-refractivity contribution in [3.8, 4) is 11.7 Å². The first-order chi connectivity index (χ1) is 13.3. The molecule has 0 aliphatic carbocycles. The van der Waals surface area contributed by atoms with Crippen LogP contribution in [0.2, 0.25) is 0 Å². The van der Waals surface area contributed by atoms with E-state index in [4.69, 9.17) is 4.74 Å². The molecule has 4 aromatic rings. The molecule has 27 heavy (non-hydrogen) atoms. The number of aromatic nitrogens is 4. The van der Waals surface area contributed by atoms with Crippen LogP contribution in [0.15, 0.2) is 67.3 Å². The highest BCUT2D eigenvalue weighted by Crippen LogP contribution is 2.19. The van der Waals surface area contributed by atoms with Crippen LogP contribution in [-0.4, -0.2) is 32.5 Å². The van der Waals surface area contributed by atoms with Gasteiger partial charge in [-0.05, 0) is 30.3 Å². The minimum absolute atomic E-state index is 0.259. The lowest BCUT2D eigenvalue weighted by atomic mass is 10.2. The highest BCUT2D eigenvalue weighted by molar-refractivity contribution is 5.96. The molecule has 0 fully saturated rings. The lowest BCUT2D eigenvalue weighted by Crippen LogP contribution is -2.24. The normalized spacial score (nSPS) is 10.7. The number of hydrogen-bond donors (Lipinski definition) is 1. The molecule has 7 nitrogen and oxygen atoms in total. The van der Waals surface area contributed by atoms with E-state index < -0.39 is 0 Å². The maximum atomic E-state index is 12.5. The van der Waals surface area contributed by atoms with Crippen LogP contribution in [0, 0.1) is 0 Å². The van der Waals surface area contributed by atoms with Crippen molar-refractivity contribution in [2.45, 2.75) is 6.54 Å². The summed E-state index contributed by atoms with van der Waals surface area (Å²) in [6, 6.07) is 15.0. The number of carbonyl (C=O) groups excluding carboxylic acids is 1. The number of imidazole rings is 1. The number of hydrogen-bond acceptors (Lipinski definition) is 5. The molecule has 1 amide bonds. The van der Waals surface area contributed by atoms with E-state index in [1.165, 1.54) is 7.11 Å². The number of nitrogens with one attached hydrogen (secondary N) is 1. The number of fused-ring (bicyclic) bond motifs is 1. The van der Waals surface area contributed by atoms with Crippen molar-refractivity contribution in [2.24, 2.45) is 0 Å². The minimum atomic E-state index is -0.259. The van der Waals surface area contributed by atoms with Gasteiger partial charge in [0.2, 0.25) is 5.88 Å². The summed E-state index contributed by atoms with van der Waals surface area (Å²) in [5, 5.41) is 2.91. The number of benzene rings is 1. The molecule has 1 aromatic carbocycles. The fourth-order valence-corrected chi connectivity index (χ4v) is 2.91. The lowest BCUT2D eigenvalue weighted by molar-refractivity contribution is 0.0947. The van der Waals surface area contributed by atoms with Gasteiger partial charge >= 0.3 is 0 Å². The van der Waals surface area contributed by atoms with Gasteiger partial charge in [0.25, 0.3) is 5.91 Å². The average Bonchev–Trinajstić information content (AvgIpc) is 3.16. The molecule has 0 spiro atoms. The summed E-state index contributed by atoms with van der Waals surface area (Å²) in [6.45, 7) is 0.312. The summed E-state index contributed by atoms with van der Waals surface area (Å²) in [4.78, 5) is 25.5. The zero-order valence-corrected chi connectivity index (χ0v) is 14.7. The number of pyridine rings is 2. The second kappa shape index (κ2) is 7.25. The number of rotatable bonds is 5. The van der Waals surface area contributed by atoms with Crippen LogP contribution < -0.4 is 10.1 Å². The zero-order chi connectivity index (χ0) is 18.6. The molecule has 3 aromatic heterocycles. The largest absolute Gasteiger partial charge is 0.480 e. The topological polar surface area (TPSA) is 81.9 Å². The molecule has 0 saturated heterocycles. The molecular weight excluding hydrogens is 342 g/mol. The van der Waals surface area contributed by atoms with Gasteiger partial charge in [-0.2, -0.15) is 0 Å². The summed E-state index contributed by atoms with van der Waals surface area (Å²) in [5.74, 6) is 0.761. The average molecular weight is 359 g/mol. The zero-order valence-electron chi connectivity index (χ0n) is 14.7. The SMILES string of the molecule is COc1ncccc1C(=O)NCc1cccnc1-n1cnc2ccccc21. The summed E-state index contributed by atoms with van der Waals surface area (Å²) in [5.41, 5.74) is 3.10. The third-order valence-corrected chi connectivity index (χ3v) is 4.20. The van der Waals surface area contributed by atoms with Crippen molar-refractivity contribution in [1.82, 2.24) is 24.8 Å². The maximum Gasteiger partial charge on any atom is 0.257 e. The molecule has 0 saturated carbocycles. The van der Waals surface area contributed by atoms with Crippen molar-refractivity contribution in [3.63, 3.8) is 0 Å². The molecule has 4 rings (SSSR count). The minimum Gasteiger partial charge on any atom is -0.480 e. The molecule has 0 aliphatic heterocycles. The molecule has 0 radical (unpaired) electrons. The molecule has 1 N–H and O–H groups in total. The van der Waals surface area contributed by atoms with Crippen LogP contribution in [0.3, 0.4) is 0 Å². The number of nitrogens with zero attached hydrogens (tertiary/aromatic N) is 4. The van der Waals surface area contributed by atoms with Gasteiger partial charge in [-0.25, -0.2) is 15.0 Å². The van der Waals surface area contributed by atoms with Crippen molar-refractivity contribution < 1.29 is 9.53 Å². The Bertz CT molecular complexity index is 1110. The predicted octanol–water partition coefficient (Wildman–Crippen LogP) is 2.75. The monoisotopic (exact) mass is 359 g/mol. The second-order valence-corrected chi connectivity index (χ2v) is 5.83. The Morgan fingerprint density at radius 2 is 1.85 bits per heavy atom. The van der Waals surface area contributed by atoms with Gasteiger partial charge in [-0.1, -0.05) is 18.2 Å². The Morgan fingerprint density at radius 3 is 2.74 bits per heavy atom. The van der Waals surface area contributed by atoms with Gasteiger partial charge in [0.15, 0.2) is 0 Å². The summed E-state index contributed by atoms with van der Waals surface area (Å²) < 4.78 is 7.07. The third kappa shape index (κ3) is 3.22. The van der Waals surface area contributed by atoms with Crippen molar-refractivity contribution in [2.75, 3.05) is 7.11 Å². The first kappa shape index (κ1) is 16.7. The Hall–Kier alpha value is -3.74. The van der Waals surface area contributed by atoms with Crippen LogP contribution in [0.1, 0.15) is 15.9 Å². The van der Waals surface area contributed by atoms with E-state index in [0.717, 1.165) is 22.4 Å². The van der Waals surface area contributed by atoms with Crippen LogP contribution in [0.5, 0.6) is 5.88 Å². The fraction of sp³-hybridized carbons (Fsp3) is 0.100. The van der Waals surface area contributed by atoms with Crippen molar-refractivity contribution in [1.29, 1.82) is 0 Å².